The Bertz CT molecular complexity index is 431. The van der Waals surface area contributed by atoms with E-state index in [4.69, 9.17) is 16.7 Å². The molecule has 0 spiro atoms. The number of nitrogens with one attached hydrogen (secondary N) is 1. The molecular weight excluding hydrogens is 234 g/mol. The van der Waals surface area contributed by atoms with Crippen molar-refractivity contribution >= 4 is 29.3 Å². The Morgan fingerprint density at radius 3 is 3.06 bits per heavy atom. The van der Waals surface area contributed by atoms with Crippen LogP contribution in [0.5, 0.6) is 0 Å². The maximum atomic E-state index is 11.6. The van der Waals surface area contributed by atoms with Crippen molar-refractivity contribution in [2.24, 2.45) is 5.92 Å². The standard InChI is InChI=1S/C9H10ClN3O3/c10-2-5-1-7(14)13(4-5)8-6(9(15)16)3-11-12-8/h3,5H,1-2,4H2,(H,11,12)(H,15,16). The van der Waals surface area contributed by atoms with E-state index >= 15 is 0 Å². The summed E-state index contributed by atoms with van der Waals surface area (Å²) in [7, 11) is 0. The Morgan fingerprint density at radius 1 is 1.75 bits per heavy atom. The molecular formula is C9H10ClN3O3. The van der Waals surface area contributed by atoms with Gasteiger partial charge >= 0.3 is 5.97 Å². The number of aromatic carboxylic acids is 1. The monoisotopic (exact) mass is 243 g/mol. The maximum Gasteiger partial charge on any atom is 0.341 e. The van der Waals surface area contributed by atoms with E-state index < -0.39 is 5.97 Å². The number of alkyl halides is 1. The molecule has 0 saturated carbocycles. The highest BCUT2D eigenvalue weighted by atomic mass is 35.5. The average molecular weight is 244 g/mol. The highest BCUT2D eigenvalue weighted by Gasteiger charge is 2.33. The van der Waals surface area contributed by atoms with Crippen LogP contribution >= 0.6 is 11.6 Å². The summed E-state index contributed by atoms with van der Waals surface area (Å²) in [4.78, 5) is 23.9. The van der Waals surface area contributed by atoms with Crippen molar-refractivity contribution < 1.29 is 14.7 Å². The minimum Gasteiger partial charge on any atom is -0.477 e. The van der Waals surface area contributed by atoms with Gasteiger partial charge in [-0.15, -0.1) is 11.6 Å². The molecule has 16 heavy (non-hydrogen) atoms. The van der Waals surface area contributed by atoms with Gasteiger partial charge in [0.1, 0.15) is 11.4 Å². The van der Waals surface area contributed by atoms with Gasteiger partial charge in [0.15, 0.2) is 0 Å². The van der Waals surface area contributed by atoms with Crippen LogP contribution in [0.25, 0.3) is 0 Å². The summed E-state index contributed by atoms with van der Waals surface area (Å²) < 4.78 is 0. The van der Waals surface area contributed by atoms with Crippen LogP contribution in [0.1, 0.15) is 16.8 Å². The number of hydrogen-bond donors (Lipinski definition) is 2. The van der Waals surface area contributed by atoms with Crippen LogP contribution in [0.4, 0.5) is 5.82 Å². The van der Waals surface area contributed by atoms with Gasteiger partial charge in [0.2, 0.25) is 5.91 Å². The van der Waals surface area contributed by atoms with Gasteiger partial charge in [-0.05, 0) is 5.92 Å². The Balaban J connectivity index is 2.28. The fraction of sp³-hybridized carbons (Fsp3) is 0.444. The van der Waals surface area contributed by atoms with E-state index in [0.717, 1.165) is 0 Å². The third-order valence-corrected chi connectivity index (χ3v) is 2.98. The quantitative estimate of drug-likeness (QED) is 0.765. The van der Waals surface area contributed by atoms with E-state index in [1.54, 1.807) is 0 Å². The smallest absolute Gasteiger partial charge is 0.341 e. The fourth-order valence-corrected chi connectivity index (χ4v) is 1.95. The van der Waals surface area contributed by atoms with Crippen molar-refractivity contribution in [2.75, 3.05) is 17.3 Å². The molecule has 1 aromatic rings. The first-order valence-electron chi connectivity index (χ1n) is 4.76. The minimum absolute atomic E-state index is 0.00331. The number of rotatable bonds is 3. The lowest BCUT2D eigenvalue weighted by Crippen LogP contribution is -2.26. The zero-order valence-corrected chi connectivity index (χ0v) is 9.07. The van der Waals surface area contributed by atoms with E-state index in [9.17, 15) is 9.59 Å². The summed E-state index contributed by atoms with van der Waals surface area (Å²) in [6.07, 6.45) is 1.54. The molecule has 86 valence electrons. The molecule has 1 saturated heterocycles. The van der Waals surface area contributed by atoms with Crippen molar-refractivity contribution in [3.05, 3.63) is 11.8 Å². The predicted molar refractivity (Wildman–Crippen MR) is 56.7 cm³/mol. The van der Waals surface area contributed by atoms with E-state index in [-0.39, 0.29) is 23.2 Å². The summed E-state index contributed by atoms with van der Waals surface area (Å²) in [5, 5.41) is 15.1. The van der Waals surface area contributed by atoms with Gasteiger partial charge in [0.25, 0.3) is 0 Å². The predicted octanol–water partition coefficient (Wildman–Crippen LogP) is 0.700. The van der Waals surface area contributed by atoms with Crippen LogP contribution in [0.15, 0.2) is 6.20 Å². The molecule has 1 atom stereocenters. The molecule has 1 unspecified atom stereocenters. The molecule has 0 radical (unpaired) electrons. The lowest BCUT2D eigenvalue weighted by Gasteiger charge is -2.14. The molecule has 2 N–H and O–H groups in total. The van der Waals surface area contributed by atoms with Crippen LogP contribution in [0.2, 0.25) is 0 Å². The van der Waals surface area contributed by atoms with Crippen LogP contribution < -0.4 is 4.90 Å². The van der Waals surface area contributed by atoms with E-state index in [2.05, 4.69) is 10.2 Å². The lowest BCUT2D eigenvalue weighted by atomic mass is 10.1. The third kappa shape index (κ3) is 1.76. The number of anilines is 1. The molecule has 1 aliphatic rings. The highest BCUT2D eigenvalue weighted by Crippen LogP contribution is 2.26. The molecule has 1 fully saturated rings. The number of aromatic amines is 1. The van der Waals surface area contributed by atoms with Crippen LogP contribution in [0.3, 0.4) is 0 Å². The lowest BCUT2D eigenvalue weighted by molar-refractivity contribution is -0.117. The summed E-state index contributed by atoms with van der Waals surface area (Å²) in [6.45, 7) is 0.435. The molecule has 1 aliphatic heterocycles. The number of carbonyl (C=O) groups excluding carboxylic acids is 1. The van der Waals surface area contributed by atoms with Gasteiger partial charge in [0.05, 0.1) is 6.20 Å². The Hall–Kier alpha value is -1.56. The average Bonchev–Trinajstić information content (AvgIpc) is 2.82. The van der Waals surface area contributed by atoms with Crippen molar-refractivity contribution in [1.29, 1.82) is 0 Å². The molecule has 0 aliphatic carbocycles. The van der Waals surface area contributed by atoms with Crippen molar-refractivity contribution in [2.45, 2.75) is 6.42 Å². The SMILES string of the molecule is O=C(O)c1cn[nH]c1N1CC(CCl)CC1=O. The number of amides is 1. The summed E-state index contributed by atoms with van der Waals surface area (Å²) in [6, 6.07) is 0. The maximum absolute atomic E-state index is 11.6. The Labute approximate surface area is 96.2 Å². The van der Waals surface area contributed by atoms with Gasteiger partial charge in [0, 0.05) is 18.8 Å². The summed E-state index contributed by atoms with van der Waals surface area (Å²) in [5.41, 5.74) is 0.00331. The minimum atomic E-state index is -1.11. The van der Waals surface area contributed by atoms with Gasteiger partial charge in [-0.2, -0.15) is 5.10 Å². The molecule has 0 aromatic carbocycles. The number of carbonyl (C=O) groups is 2. The topological polar surface area (TPSA) is 86.3 Å². The van der Waals surface area contributed by atoms with Gasteiger partial charge in [-0.1, -0.05) is 0 Å². The van der Waals surface area contributed by atoms with Crippen LogP contribution in [-0.4, -0.2) is 39.6 Å². The zero-order chi connectivity index (χ0) is 11.7. The van der Waals surface area contributed by atoms with E-state index in [1.807, 2.05) is 0 Å². The second-order valence-corrected chi connectivity index (χ2v) is 3.97. The third-order valence-electron chi connectivity index (χ3n) is 2.54. The molecule has 1 amide bonds. The normalized spacial score (nSPS) is 20.4. The van der Waals surface area contributed by atoms with Crippen molar-refractivity contribution in [1.82, 2.24) is 10.2 Å². The first kappa shape index (κ1) is 10.9. The number of H-pyrrole nitrogens is 1. The second kappa shape index (κ2) is 4.13. The molecule has 1 aromatic heterocycles. The largest absolute Gasteiger partial charge is 0.477 e. The number of carboxylic acids is 1. The van der Waals surface area contributed by atoms with Crippen molar-refractivity contribution in [3.63, 3.8) is 0 Å². The number of carboxylic acid groups (broad SMARTS) is 1. The molecule has 2 heterocycles. The Kier molecular flexibility index (Phi) is 2.82. The van der Waals surface area contributed by atoms with Gasteiger partial charge in [-0.25, -0.2) is 4.79 Å². The van der Waals surface area contributed by atoms with Crippen molar-refractivity contribution in [3.8, 4) is 0 Å². The Morgan fingerprint density at radius 2 is 2.50 bits per heavy atom. The molecule has 0 bridgehead atoms. The summed E-state index contributed by atoms with van der Waals surface area (Å²) in [5.74, 6) is -0.536. The molecule has 2 rings (SSSR count). The second-order valence-electron chi connectivity index (χ2n) is 3.67. The first-order chi connectivity index (χ1) is 7.63. The number of halogens is 1. The van der Waals surface area contributed by atoms with E-state index in [0.29, 0.717) is 18.8 Å². The van der Waals surface area contributed by atoms with Gasteiger partial charge < -0.3 is 5.11 Å². The van der Waals surface area contributed by atoms with Crippen LogP contribution in [-0.2, 0) is 4.79 Å². The number of hydrogen-bond acceptors (Lipinski definition) is 3. The molecule has 7 heteroatoms. The number of nitrogens with zero attached hydrogens (tertiary/aromatic N) is 2. The zero-order valence-electron chi connectivity index (χ0n) is 8.31. The summed E-state index contributed by atoms with van der Waals surface area (Å²) >= 11 is 5.68. The fourth-order valence-electron chi connectivity index (χ4n) is 1.74. The number of aromatic nitrogens is 2. The highest BCUT2D eigenvalue weighted by molar-refractivity contribution is 6.18. The first-order valence-corrected chi connectivity index (χ1v) is 5.30. The van der Waals surface area contributed by atoms with E-state index in [1.165, 1.54) is 11.1 Å². The van der Waals surface area contributed by atoms with Crippen LogP contribution in [0, 0.1) is 5.92 Å². The van der Waals surface area contributed by atoms with Gasteiger partial charge in [-0.3, -0.25) is 14.8 Å². The molecule has 6 nitrogen and oxygen atoms in total.